The molecular formula is C17H16FN5. The van der Waals surface area contributed by atoms with Crippen LogP contribution in [-0.2, 0) is 0 Å². The molecule has 0 fully saturated rings. The summed E-state index contributed by atoms with van der Waals surface area (Å²) in [6.07, 6.45) is 1.55. The summed E-state index contributed by atoms with van der Waals surface area (Å²) in [6.45, 7) is 4.12. The maximum absolute atomic E-state index is 12.9. The van der Waals surface area contributed by atoms with Crippen molar-refractivity contribution >= 4 is 23.1 Å². The number of aromatic nitrogens is 3. The van der Waals surface area contributed by atoms with Crippen LogP contribution in [0.2, 0.25) is 0 Å². The molecule has 0 spiro atoms. The van der Waals surface area contributed by atoms with Gasteiger partial charge in [-0.1, -0.05) is 6.07 Å². The SMILES string of the molecule is Cc1ccc(Nc2cnnc(Nc3ccc(F)cc3)n2)cc1C. The normalized spacial score (nSPS) is 10.4. The van der Waals surface area contributed by atoms with Crippen LogP contribution in [0, 0.1) is 19.7 Å². The lowest BCUT2D eigenvalue weighted by Gasteiger charge is -2.09. The van der Waals surface area contributed by atoms with Crippen LogP contribution in [-0.4, -0.2) is 15.2 Å². The van der Waals surface area contributed by atoms with Crippen LogP contribution in [0.3, 0.4) is 0 Å². The molecule has 0 amide bonds. The molecule has 0 aliphatic carbocycles. The minimum Gasteiger partial charge on any atom is -0.339 e. The number of hydrogen-bond acceptors (Lipinski definition) is 5. The first-order valence-corrected chi connectivity index (χ1v) is 7.17. The van der Waals surface area contributed by atoms with Crippen molar-refractivity contribution in [3.05, 3.63) is 65.6 Å². The Bertz CT molecular complexity index is 817. The number of nitrogens with zero attached hydrogens (tertiary/aromatic N) is 3. The van der Waals surface area contributed by atoms with Crippen LogP contribution in [0.5, 0.6) is 0 Å². The second-order valence-electron chi connectivity index (χ2n) is 5.22. The van der Waals surface area contributed by atoms with Crippen molar-refractivity contribution in [3.63, 3.8) is 0 Å². The first-order valence-electron chi connectivity index (χ1n) is 7.17. The Morgan fingerprint density at radius 3 is 2.35 bits per heavy atom. The van der Waals surface area contributed by atoms with Gasteiger partial charge in [0.05, 0.1) is 6.20 Å². The van der Waals surface area contributed by atoms with Crippen molar-refractivity contribution in [2.75, 3.05) is 10.6 Å². The predicted molar refractivity (Wildman–Crippen MR) is 88.7 cm³/mol. The van der Waals surface area contributed by atoms with Gasteiger partial charge in [0.1, 0.15) is 5.82 Å². The second kappa shape index (κ2) is 6.39. The Balaban J connectivity index is 1.76. The fourth-order valence-corrected chi connectivity index (χ4v) is 2.05. The summed E-state index contributed by atoms with van der Waals surface area (Å²) in [5.74, 6) is 0.623. The van der Waals surface area contributed by atoms with Crippen LogP contribution in [0.25, 0.3) is 0 Å². The van der Waals surface area contributed by atoms with E-state index >= 15 is 0 Å². The molecule has 0 unspecified atom stereocenters. The van der Waals surface area contributed by atoms with Crippen molar-refractivity contribution in [1.29, 1.82) is 0 Å². The monoisotopic (exact) mass is 309 g/mol. The van der Waals surface area contributed by atoms with Gasteiger partial charge in [0.25, 0.3) is 0 Å². The number of halogens is 1. The average molecular weight is 309 g/mol. The van der Waals surface area contributed by atoms with Crippen molar-refractivity contribution in [1.82, 2.24) is 15.2 Å². The molecule has 0 aliphatic heterocycles. The van der Waals surface area contributed by atoms with Crippen molar-refractivity contribution in [2.45, 2.75) is 13.8 Å². The Morgan fingerprint density at radius 2 is 1.61 bits per heavy atom. The van der Waals surface area contributed by atoms with Gasteiger partial charge in [-0.2, -0.15) is 10.1 Å². The molecule has 1 aromatic heterocycles. The summed E-state index contributed by atoms with van der Waals surface area (Å²) in [4.78, 5) is 4.35. The Labute approximate surface area is 133 Å². The van der Waals surface area contributed by atoms with E-state index in [0.29, 0.717) is 17.5 Å². The van der Waals surface area contributed by atoms with Gasteiger partial charge in [-0.25, -0.2) is 4.39 Å². The van der Waals surface area contributed by atoms with E-state index in [1.165, 1.54) is 23.3 Å². The first kappa shape index (κ1) is 14.9. The van der Waals surface area contributed by atoms with Gasteiger partial charge in [-0.05, 0) is 61.4 Å². The molecule has 2 aromatic carbocycles. The molecule has 2 N–H and O–H groups in total. The number of nitrogens with one attached hydrogen (secondary N) is 2. The third-order valence-electron chi connectivity index (χ3n) is 3.44. The molecule has 5 nitrogen and oxygen atoms in total. The lowest BCUT2D eigenvalue weighted by molar-refractivity contribution is 0.628. The standard InChI is InChI=1S/C17H16FN5/c1-11-3-6-15(9-12(11)2)20-16-10-19-23-17(22-16)21-14-7-4-13(18)5-8-14/h3-10H,1-2H3,(H2,20,21,22,23). The molecule has 3 rings (SSSR count). The maximum Gasteiger partial charge on any atom is 0.249 e. The Kier molecular flexibility index (Phi) is 4.14. The molecule has 6 heteroatoms. The van der Waals surface area contributed by atoms with Gasteiger partial charge in [-0.15, -0.1) is 5.10 Å². The quantitative estimate of drug-likeness (QED) is 0.759. The topological polar surface area (TPSA) is 62.7 Å². The minimum atomic E-state index is -0.292. The summed E-state index contributed by atoms with van der Waals surface area (Å²) in [6, 6.07) is 12.0. The molecule has 3 aromatic rings. The van der Waals surface area contributed by atoms with Crippen molar-refractivity contribution in [2.24, 2.45) is 0 Å². The molecule has 116 valence electrons. The summed E-state index contributed by atoms with van der Waals surface area (Å²) in [5.41, 5.74) is 4.05. The van der Waals surface area contributed by atoms with Gasteiger partial charge in [0, 0.05) is 11.4 Å². The molecule has 0 radical (unpaired) electrons. The van der Waals surface area contributed by atoms with Gasteiger partial charge in [0.15, 0.2) is 5.82 Å². The minimum absolute atomic E-state index is 0.292. The molecule has 0 aliphatic rings. The van der Waals surface area contributed by atoms with E-state index in [1.807, 2.05) is 18.2 Å². The third-order valence-corrected chi connectivity index (χ3v) is 3.44. The van der Waals surface area contributed by atoms with Crippen molar-refractivity contribution in [3.8, 4) is 0 Å². The maximum atomic E-state index is 12.9. The van der Waals surface area contributed by atoms with E-state index in [4.69, 9.17) is 0 Å². The van der Waals surface area contributed by atoms with Crippen molar-refractivity contribution < 1.29 is 4.39 Å². The fourth-order valence-electron chi connectivity index (χ4n) is 2.05. The molecule has 23 heavy (non-hydrogen) atoms. The van der Waals surface area contributed by atoms with Crippen LogP contribution in [0.4, 0.5) is 27.5 Å². The second-order valence-corrected chi connectivity index (χ2v) is 5.22. The summed E-state index contributed by atoms with van der Waals surface area (Å²) in [5, 5.41) is 14.0. The highest BCUT2D eigenvalue weighted by atomic mass is 19.1. The van der Waals surface area contributed by atoms with E-state index in [9.17, 15) is 4.39 Å². The zero-order valence-electron chi connectivity index (χ0n) is 12.8. The number of anilines is 4. The van der Waals surface area contributed by atoms with E-state index < -0.39 is 0 Å². The summed E-state index contributed by atoms with van der Waals surface area (Å²) >= 11 is 0. The molecule has 0 atom stereocenters. The highest BCUT2D eigenvalue weighted by molar-refractivity contribution is 5.59. The van der Waals surface area contributed by atoms with Gasteiger partial charge in [-0.3, -0.25) is 0 Å². The molecule has 0 saturated carbocycles. The van der Waals surface area contributed by atoms with Crippen LogP contribution < -0.4 is 10.6 Å². The lowest BCUT2D eigenvalue weighted by atomic mass is 10.1. The Morgan fingerprint density at radius 1 is 0.870 bits per heavy atom. The zero-order valence-corrected chi connectivity index (χ0v) is 12.8. The van der Waals surface area contributed by atoms with E-state index in [0.717, 1.165) is 5.69 Å². The van der Waals surface area contributed by atoms with Gasteiger partial charge in [0.2, 0.25) is 5.95 Å². The molecular weight excluding hydrogens is 293 g/mol. The average Bonchev–Trinajstić information content (AvgIpc) is 2.54. The smallest absolute Gasteiger partial charge is 0.249 e. The summed E-state index contributed by atoms with van der Waals surface area (Å²) in [7, 11) is 0. The van der Waals surface area contributed by atoms with Gasteiger partial charge >= 0.3 is 0 Å². The number of aryl methyl sites for hydroxylation is 2. The molecule has 1 heterocycles. The highest BCUT2D eigenvalue weighted by Gasteiger charge is 2.03. The van der Waals surface area contributed by atoms with E-state index in [-0.39, 0.29) is 5.82 Å². The summed E-state index contributed by atoms with van der Waals surface area (Å²) < 4.78 is 12.9. The molecule has 0 saturated heterocycles. The Hall–Kier alpha value is -3.02. The largest absolute Gasteiger partial charge is 0.339 e. The van der Waals surface area contributed by atoms with E-state index in [1.54, 1.807) is 18.3 Å². The van der Waals surface area contributed by atoms with E-state index in [2.05, 4.69) is 39.7 Å². The number of benzene rings is 2. The number of rotatable bonds is 4. The van der Waals surface area contributed by atoms with Crippen LogP contribution in [0.15, 0.2) is 48.7 Å². The third kappa shape index (κ3) is 3.79. The first-order chi connectivity index (χ1) is 11.1. The van der Waals surface area contributed by atoms with Gasteiger partial charge < -0.3 is 10.6 Å². The van der Waals surface area contributed by atoms with Crippen LogP contribution in [0.1, 0.15) is 11.1 Å². The lowest BCUT2D eigenvalue weighted by Crippen LogP contribution is -2.02. The van der Waals surface area contributed by atoms with Crippen LogP contribution >= 0.6 is 0 Å². The number of hydrogen-bond donors (Lipinski definition) is 2. The fraction of sp³-hybridized carbons (Fsp3) is 0.118. The molecule has 0 bridgehead atoms. The predicted octanol–water partition coefficient (Wildman–Crippen LogP) is 4.11. The highest BCUT2D eigenvalue weighted by Crippen LogP contribution is 2.19. The zero-order chi connectivity index (χ0) is 16.2.